The summed E-state index contributed by atoms with van der Waals surface area (Å²) in [6.07, 6.45) is -0.0778. The van der Waals surface area contributed by atoms with E-state index >= 15 is 0 Å². The third-order valence-electron chi connectivity index (χ3n) is 2.62. The highest BCUT2D eigenvalue weighted by molar-refractivity contribution is 5.75. The van der Waals surface area contributed by atoms with Crippen LogP contribution >= 0.6 is 0 Å². The minimum Gasteiger partial charge on any atom is -0.377 e. The Labute approximate surface area is 139 Å². The number of alkyl halides is 3. The maximum atomic E-state index is 12.6. The lowest BCUT2D eigenvalue weighted by Crippen LogP contribution is -2.39. The van der Waals surface area contributed by atoms with Gasteiger partial charge in [-0.25, -0.2) is 0 Å². The van der Waals surface area contributed by atoms with Gasteiger partial charge in [-0.2, -0.15) is 13.2 Å². The van der Waals surface area contributed by atoms with Crippen molar-refractivity contribution in [3.63, 3.8) is 0 Å². The molecule has 0 saturated carbocycles. The molecule has 0 saturated heterocycles. The van der Waals surface area contributed by atoms with E-state index in [1.165, 1.54) is 12.3 Å². The third kappa shape index (κ3) is 8.48. The van der Waals surface area contributed by atoms with Crippen molar-refractivity contribution in [3.05, 3.63) is 53.7 Å². The Morgan fingerprint density at radius 2 is 1.35 bits per heavy atom. The van der Waals surface area contributed by atoms with Gasteiger partial charge in [0.2, 0.25) is 0 Å². The number of dihydropyridines is 1. The number of aryl methyl sites for hydroxylation is 1. The number of nitrogens with one attached hydrogen (secondary N) is 1. The van der Waals surface area contributed by atoms with Crippen LogP contribution in [0.1, 0.15) is 52.7 Å². The molecule has 1 unspecified atom stereocenters. The number of hydrogen-bond donors (Lipinski definition) is 1. The van der Waals surface area contributed by atoms with Gasteiger partial charge in [0.1, 0.15) is 6.04 Å². The van der Waals surface area contributed by atoms with Gasteiger partial charge in [0.05, 0.1) is 0 Å². The predicted molar refractivity (Wildman–Crippen MR) is 95.3 cm³/mol. The van der Waals surface area contributed by atoms with E-state index in [2.05, 4.69) is 5.32 Å². The highest BCUT2D eigenvalue weighted by Crippen LogP contribution is 2.27. The largest absolute Gasteiger partial charge is 0.412 e. The smallest absolute Gasteiger partial charge is 0.377 e. The molecule has 1 heterocycles. The van der Waals surface area contributed by atoms with E-state index in [0.29, 0.717) is 5.57 Å². The lowest BCUT2D eigenvalue weighted by Gasteiger charge is -2.21. The Hall–Kier alpha value is -1.71. The van der Waals surface area contributed by atoms with E-state index in [-0.39, 0.29) is 0 Å². The summed E-state index contributed by atoms with van der Waals surface area (Å²) in [7, 11) is 0. The van der Waals surface area contributed by atoms with Crippen molar-refractivity contribution in [3.8, 4) is 0 Å². The lowest BCUT2D eigenvalue weighted by molar-refractivity contribution is -0.142. The quantitative estimate of drug-likeness (QED) is 0.619. The topological polar surface area (TPSA) is 12.0 Å². The zero-order chi connectivity index (χ0) is 18.5. The molecular formula is C19H30F3N. The Bertz CT molecular complexity index is 456. The lowest BCUT2D eigenvalue weighted by atomic mass is 10.00. The molecule has 1 atom stereocenters. The highest BCUT2D eigenvalue weighted by Gasteiger charge is 2.38. The second-order valence-electron chi connectivity index (χ2n) is 4.01. The third-order valence-corrected chi connectivity index (χ3v) is 2.62. The molecule has 23 heavy (non-hydrogen) atoms. The van der Waals surface area contributed by atoms with Crippen LogP contribution in [0.3, 0.4) is 0 Å². The first-order valence-electron chi connectivity index (χ1n) is 8.25. The second kappa shape index (κ2) is 12.8. The first-order chi connectivity index (χ1) is 11.0. The van der Waals surface area contributed by atoms with Crippen molar-refractivity contribution >= 4 is 5.57 Å². The summed E-state index contributed by atoms with van der Waals surface area (Å²) in [5, 5.41) is 2.29. The zero-order valence-electron chi connectivity index (χ0n) is 15.3. The Morgan fingerprint density at radius 1 is 0.870 bits per heavy atom. The van der Waals surface area contributed by atoms with E-state index in [9.17, 15) is 13.2 Å². The fraction of sp³-hybridized carbons (Fsp3) is 0.474. The summed E-state index contributed by atoms with van der Waals surface area (Å²) >= 11 is 0. The maximum absolute atomic E-state index is 12.6. The van der Waals surface area contributed by atoms with E-state index in [1.807, 2.05) is 72.7 Å². The van der Waals surface area contributed by atoms with Crippen LogP contribution in [-0.2, 0) is 0 Å². The van der Waals surface area contributed by atoms with Crippen molar-refractivity contribution in [1.82, 2.24) is 5.32 Å². The van der Waals surface area contributed by atoms with Gasteiger partial charge in [-0.1, -0.05) is 71.4 Å². The molecule has 1 nitrogen and oxygen atoms in total. The summed E-state index contributed by atoms with van der Waals surface area (Å²) in [6, 6.07) is 5.81. The van der Waals surface area contributed by atoms with Crippen LogP contribution < -0.4 is 5.32 Å². The summed E-state index contributed by atoms with van der Waals surface area (Å²) < 4.78 is 37.7. The van der Waals surface area contributed by atoms with E-state index in [4.69, 9.17) is 0 Å². The van der Waals surface area contributed by atoms with E-state index in [0.717, 1.165) is 11.1 Å². The molecule has 4 heteroatoms. The van der Waals surface area contributed by atoms with E-state index < -0.39 is 12.2 Å². The van der Waals surface area contributed by atoms with Gasteiger partial charge in [-0.15, -0.1) is 0 Å². The average Bonchev–Trinajstić information content (AvgIpc) is 2.60. The van der Waals surface area contributed by atoms with Crippen LogP contribution in [0.2, 0.25) is 0 Å². The first kappa shape index (κ1) is 23.6. The molecule has 1 N–H and O–H groups in total. The molecule has 0 spiro atoms. The van der Waals surface area contributed by atoms with Gasteiger partial charge < -0.3 is 5.32 Å². The summed E-state index contributed by atoms with van der Waals surface area (Å²) in [6.45, 7) is 13.9. The minimum absolute atomic E-state index is 0.589. The molecular weight excluding hydrogens is 299 g/mol. The van der Waals surface area contributed by atoms with Crippen molar-refractivity contribution in [2.45, 2.75) is 60.7 Å². The molecule has 1 aliphatic rings. The van der Waals surface area contributed by atoms with Crippen LogP contribution in [0.25, 0.3) is 5.57 Å². The second-order valence-corrected chi connectivity index (χ2v) is 4.01. The highest BCUT2D eigenvalue weighted by atomic mass is 19.4. The van der Waals surface area contributed by atoms with Crippen molar-refractivity contribution in [2.24, 2.45) is 0 Å². The summed E-state index contributed by atoms with van der Waals surface area (Å²) in [5.41, 5.74) is 2.47. The monoisotopic (exact) mass is 329 g/mol. The number of hydrogen-bond acceptors (Lipinski definition) is 1. The van der Waals surface area contributed by atoms with Crippen molar-refractivity contribution in [1.29, 1.82) is 0 Å². The maximum Gasteiger partial charge on any atom is 0.412 e. The molecule has 0 radical (unpaired) electrons. The van der Waals surface area contributed by atoms with Gasteiger partial charge in [0.15, 0.2) is 0 Å². The predicted octanol–water partition coefficient (Wildman–Crippen LogP) is 6.50. The molecule has 1 aliphatic heterocycles. The standard InChI is InChI=1S/C13H12F3N.3C2H6/c1-9-2-4-10(5-3-9)11-6-7-17-12(8-11)13(14,15)16;3*1-2/h2-8,12,17H,1H3;3*1-2H3. The van der Waals surface area contributed by atoms with Crippen LogP contribution in [0.15, 0.2) is 42.6 Å². The number of rotatable bonds is 1. The van der Waals surface area contributed by atoms with Crippen molar-refractivity contribution < 1.29 is 13.2 Å². The molecule has 0 amide bonds. The SMILES string of the molecule is CC.CC.CC.Cc1ccc(C2=CC(C(F)(F)F)NC=C2)cc1. The van der Waals surface area contributed by atoms with Crippen LogP contribution in [0.4, 0.5) is 13.2 Å². The Kier molecular flexibility index (Phi) is 13.1. The Morgan fingerprint density at radius 3 is 1.78 bits per heavy atom. The summed E-state index contributed by atoms with van der Waals surface area (Å²) in [5.74, 6) is 0. The van der Waals surface area contributed by atoms with Crippen LogP contribution in [0, 0.1) is 6.92 Å². The van der Waals surface area contributed by atoms with Gasteiger partial charge in [0, 0.05) is 0 Å². The molecule has 0 bridgehead atoms. The molecule has 0 fully saturated rings. The molecule has 1 aromatic carbocycles. The molecule has 0 aliphatic carbocycles. The van der Waals surface area contributed by atoms with Crippen LogP contribution in [0.5, 0.6) is 0 Å². The van der Waals surface area contributed by atoms with E-state index in [1.54, 1.807) is 6.08 Å². The average molecular weight is 329 g/mol. The fourth-order valence-corrected chi connectivity index (χ4v) is 1.65. The van der Waals surface area contributed by atoms with Gasteiger partial charge >= 0.3 is 6.18 Å². The van der Waals surface area contributed by atoms with Crippen LogP contribution in [-0.4, -0.2) is 12.2 Å². The van der Waals surface area contributed by atoms with Gasteiger partial charge in [-0.3, -0.25) is 0 Å². The van der Waals surface area contributed by atoms with Gasteiger partial charge in [0.25, 0.3) is 0 Å². The number of benzene rings is 1. The normalized spacial score (nSPS) is 15.4. The number of allylic oxidation sites excluding steroid dienone is 2. The fourth-order valence-electron chi connectivity index (χ4n) is 1.65. The molecule has 132 valence electrons. The first-order valence-corrected chi connectivity index (χ1v) is 8.25. The van der Waals surface area contributed by atoms with Gasteiger partial charge in [-0.05, 0) is 36.4 Å². The zero-order valence-corrected chi connectivity index (χ0v) is 15.3. The molecule has 2 rings (SSSR count). The van der Waals surface area contributed by atoms with Crippen molar-refractivity contribution in [2.75, 3.05) is 0 Å². The molecule has 1 aromatic rings. The summed E-state index contributed by atoms with van der Waals surface area (Å²) in [4.78, 5) is 0. The number of halogens is 3. The minimum atomic E-state index is -4.26. The Balaban J connectivity index is 0. The molecule has 0 aromatic heterocycles.